The molecule has 4 nitrogen and oxygen atoms in total. The summed E-state index contributed by atoms with van der Waals surface area (Å²) in [6.45, 7) is 7.22. The van der Waals surface area contributed by atoms with E-state index in [-0.39, 0.29) is 0 Å². The van der Waals surface area contributed by atoms with Crippen molar-refractivity contribution in [3.63, 3.8) is 0 Å². The largest absolute Gasteiger partial charge is 0.302 e. The predicted molar refractivity (Wildman–Crippen MR) is 96.9 cm³/mol. The number of hydrogen-bond donors (Lipinski definition) is 0. The normalized spacial score (nSPS) is 11.1. The molecule has 0 fully saturated rings. The molecular weight excluding hydrogens is 324 g/mol. The number of aryl methyl sites for hydroxylation is 2. The molecule has 0 aliphatic rings. The Morgan fingerprint density at radius 2 is 2.09 bits per heavy atom. The Morgan fingerprint density at radius 3 is 2.78 bits per heavy atom. The van der Waals surface area contributed by atoms with Crippen LogP contribution in [-0.4, -0.2) is 19.7 Å². The highest BCUT2D eigenvalue weighted by molar-refractivity contribution is 7.98. The van der Waals surface area contributed by atoms with E-state index in [0.717, 1.165) is 41.0 Å². The predicted octanol–water partition coefficient (Wildman–Crippen LogP) is 4.58. The van der Waals surface area contributed by atoms with Crippen LogP contribution in [0.15, 0.2) is 34.8 Å². The SMILES string of the molecule is CCc1nc(CSc2nnc(-c3cccc(C)c3)n2CC)cs1. The summed E-state index contributed by atoms with van der Waals surface area (Å²) in [6.07, 6.45) is 0.998. The highest BCUT2D eigenvalue weighted by atomic mass is 32.2. The smallest absolute Gasteiger partial charge is 0.191 e. The van der Waals surface area contributed by atoms with Crippen LogP contribution in [-0.2, 0) is 18.7 Å². The molecule has 0 saturated heterocycles. The minimum absolute atomic E-state index is 0.836. The lowest BCUT2D eigenvalue weighted by Crippen LogP contribution is -2.00. The van der Waals surface area contributed by atoms with E-state index in [4.69, 9.17) is 0 Å². The Labute approximate surface area is 145 Å². The molecule has 0 amide bonds. The first-order valence-electron chi connectivity index (χ1n) is 7.77. The van der Waals surface area contributed by atoms with Gasteiger partial charge in [-0.05, 0) is 26.3 Å². The summed E-state index contributed by atoms with van der Waals surface area (Å²) in [5.74, 6) is 1.77. The molecule has 2 aromatic heterocycles. The summed E-state index contributed by atoms with van der Waals surface area (Å²) in [6, 6.07) is 8.40. The van der Waals surface area contributed by atoms with Crippen molar-refractivity contribution in [2.24, 2.45) is 0 Å². The Bertz CT molecular complexity index is 791. The number of thiazole rings is 1. The number of nitrogens with zero attached hydrogens (tertiary/aromatic N) is 4. The van der Waals surface area contributed by atoms with Crippen molar-refractivity contribution in [3.8, 4) is 11.4 Å². The fraction of sp³-hybridized carbons (Fsp3) is 0.353. The van der Waals surface area contributed by atoms with Crippen LogP contribution in [0.5, 0.6) is 0 Å². The van der Waals surface area contributed by atoms with Gasteiger partial charge in [0.15, 0.2) is 11.0 Å². The number of thioether (sulfide) groups is 1. The van der Waals surface area contributed by atoms with Gasteiger partial charge in [0.2, 0.25) is 0 Å². The quantitative estimate of drug-likeness (QED) is 0.614. The van der Waals surface area contributed by atoms with Gasteiger partial charge < -0.3 is 4.57 Å². The van der Waals surface area contributed by atoms with Crippen LogP contribution < -0.4 is 0 Å². The van der Waals surface area contributed by atoms with E-state index >= 15 is 0 Å². The minimum atomic E-state index is 0.836. The summed E-state index contributed by atoms with van der Waals surface area (Å²) in [5.41, 5.74) is 3.48. The van der Waals surface area contributed by atoms with E-state index in [1.807, 2.05) is 0 Å². The maximum atomic E-state index is 4.62. The van der Waals surface area contributed by atoms with Crippen LogP contribution in [0.4, 0.5) is 0 Å². The van der Waals surface area contributed by atoms with Gasteiger partial charge in [0.1, 0.15) is 0 Å². The molecule has 6 heteroatoms. The van der Waals surface area contributed by atoms with Gasteiger partial charge >= 0.3 is 0 Å². The molecule has 0 aliphatic carbocycles. The van der Waals surface area contributed by atoms with Gasteiger partial charge in [-0.25, -0.2) is 4.98 Å². The van der Waals surface area contributed by atoms with Gasteiger partial charge in [-0.2, -0.15) is 0 Å². The Morgan fingerprint density at radius 1 is 1.22 bits per heavy atom. The van der Waals surface area contributed by atoms with E-state index in [2.05, 4.69) is 70.2 Å². The molecule has 2 heterocycles. The van der Waals surface area contributed by atoms with Gasteiger partial charge in [0.25, 0.3) is 0 Å². The second-order valence-corrected chi connectivity index (χ2v) is 7.18. The summed E-state index contributed by atoms with van der Waals surface area (Å²) >= 11 is 3.43. The Hall–Kier alpha value is -1.66. The highest BCUT2D eigenvalue weighted by Crippen LogP contribution is 2.27. The van der Waals surface area contributed by atoms with Crippen molar-refractivity contribution in [3.05, 3.63) is 45.9 Å². The lowest BCUT2D eigenvalue weighted by atomic mass is 10.1. The summed E-state index contributed by atoms with van der Waals surface area (Å²) < 4.78 is 2.17. The van der Waals surface area contributed by atoms with Crippen molar-refractivity contribution in [1.29, 1.82) is 0 Å². The van der Waals surface area contributed by atoms with Gasteiger partial charge in [-0.3, -0.25) is 0 Å². The zero-order chi connectivity index (χ0) is 16.2. The maximum Gasteiger partial charge on any atom is 0.191 e. The third-order valence-corrected chi connectivity index (χ3v) is 5.60. The molecule has 0 bridgehead atoms. The van der Waals surface area contributed by atoms with Gasteiger partial charge in [0.05, 0.1) is 10.7 Å². The van der Waals surface area contributed by atoms with Crippen LogP contribution in [0.25, 0.3) is 11.4 Å². The van der Waals surface area contributed by atoms with Crippen molar-refractivity contribution >= 4 is 23.1 Å². The van der Waals surface area contributed by atoms with Crippen molar-refractivity contribution < 1.29 is 0 Å². The first kappa shape index (κ1) is 16.2. The van der Waals surface area contributed by atoms with Gasteiger partial charge in [-0.1, -0.05) is 42.4 Å². The van der Waals surface area contributed by atoms with Crippen molar-refractivity contribution in [2.75, 3.05) is 0 Å². The molecule has 1 aromatic carbocycles. The van der Waals surface area contributed by atoms with Crippen LogP contribution in [0.1, 0.15) is 30.1 Å². The van der Waals surface area contributed by atoms with E-state index in [0.29, 0.717) is 0 Å². The molecule has 0 aliphatic heterocycles. The van der Waals surface area contributed by atoms with Crippen LogP contribution in [0.2, 0.25) is 0 Å². The third kappa shape index (κ3) is 3.64. The molecule has 0 radical (unpaired) electrons. The fourth-order valence-corrected chi connectivity index (χ4v) is 4.14. The lowest BCUT2D eigenvalue weighted by Gasteiger charge is -2.07. The molecule has 0 atom stereocenters. The summed E-state index contributed by atoms with van der Waals surface area (Å²) in [4.78, 5) is 4.62. The van der Waals surface area contributed by atoms with E-state index in [1.165, 1.54) is 10.6 Å². The summed E-state index contributed by atoms with van der Waals surface area (Å²) in [7, 11) is 0. The standard InChI is InChI=1S/C17H20N4S2/c1-4-15-18-14(10-22-15)11-23-17-20-19-16(21(17)5-2)13-8-6-7-12(3)9-13/h6-10H,4-5,11H2,1-3H3. The fourth-order valence-electron chi connectivity index (χ4n) is 2.39. The van der Waals surface area contributed by atoms with Crippen LogP contribution >= 0.6 is 23.1 Å². The van der Waals surface area contributed by atoms with E-state index in [1.54, 1.807) is 23.1 Å². The number of aromatic nitrogens is 4. The van der Waals surface area contributed by atoms with Crippen molar-refractivity contribution in [2.45, 2.75) is 44.6 Å². The van der Waals surface area contributed by atoms with Crippen molar-refractivity contribution in [1.82, 2.24) is 19.7 Å². The molecule has 0 saturated carbocycles. The summed E-state index contributed by atoms with van der Waals surface area (Å²) in [5, 5.41) is 13.1. The van der Waals surface area contributed by atoms with E-state index in [9.17, 15) is 0 Å². The molecule has 0 N–H and O–H groups in total. The zero-order valence-electron chi connectivity index (χ0n) is 13.6. The lowest BCUT2D eigenvalue weighted by molar-refractivity contribution is 0.687. The van der Waals surface area contributed by atoms with Crippen LogP contribution in [0, 0.1) is 6.92 Å². The first-order valence-corrected chi connectivity index (χ1v) is 9.64. The molecular formula is C17H20N4S2. The number of hydrogen-bond acceptors (Lipinski definition) is 5. The van der Waals surface area contributed by atoms with Gasteiger partial charge in [0, 0.05) is 23.2 Å². The highest BCUT2D eigenvalue weighted by Gasteiger charge is 2.14. The number of benzene rings is 1. The molecule has 0 unspecified atom stereocenters. The topological polar surface area (TPSA) is 43.6 Å². The average molecular weight is 345 g/mol. The number of rotatable bonds is 6. The average Bonchev–Trinajstić information content (AvgIpc) is 3.19. The Kier molecular flexibility index (Phi) is 5.13. The van der Waals surface area contributed by atoms with Crippen LogP contribution in [0.3, 0.4) is 0 Å². The minimum Gasteiger partial charge on any atom is -0.302 e. The zero-order valence-corrected chi connectivity index (χ0v) is 15.2. The Balaban J connectivity index is 1.80. The molecule has 3 aromatic rings. The molecule has 23 heavy (non-hydrogen) atoms. The second-order valence-electron chi connectivity index (χ2n) is 5.29. The van der Waals surface area contributed by atoms with E-state index < -0.39 is 0 Å². The second kappa shape index (κ2) is 7.27. The maximum absolute atomic E-state index is 4.62. The van der Waals surface area contributed by atoms with Gasteiger partial charge in [-0.15, -0.1) is 21.5 Å². The molecule has 3 rings (SSSR count). The first-order chi connectivity index (χ1) is 11.2. The third-order valence-electron chi connectivity index (χ3n) is 3.56. The molecule has 0 spiro atoms. The monoisotopic (exact) mass is 344 g/mol. The molecule has 120 valence electrons.